The maximum absolute atomic E-state index is 14.8. The molecule has 0 saturated heterocycles. The molecule has 4 rings (SSSR count). The predicted octanol–water partition coefficient (Wildman–Crippen LogP) is 8.29. The fourth-order valence-corrected chi connectivity index (χ4v) is 5.41. The van der Waals surface area contributed by atoms with Gasteiger partial charge in [-0.25, -0.2) is 9.18 Å². The van der Waals surface area contributed by atoms with Gasteiger partial charge in [-0.15, -0.1) is 0 Å². The van der Waals surface area contributed by atoms with E-state index in [9.17, 15) is 14.3 Å². The monoisotopic (exact) mass is 496 g/mol. The summed E-state index contributed by atoms with van der Waals surface area (Å²) in [7, 11) is 1.94. The molecule has 0 amide bonds. The average Bonchev–Trinajstić information content (AvgIpc) is 2.77. The summed E-state index contributed by atoms with van der Waals surface area (Å²) in [4.78, 5) is 17.0. The molecule has 1 heterocycles. The number of allylic oxidation sites excluding steroid dienone is 4. The number of aromatic carboxylic acids is 1. The van der Waals surface area contributed by atoms with Gasteiger partial charge in [0, 0.05) is 34.1 Å². The lowest BCUT2D eigenvalue weighted by Crippen LogP contribution is -2.14. The van der Waals surface area contributed by atoms with Crippen LogP contribution in [-0.4, -0.2) is 23.1 Å². The smallest absolute Gasteiger partial charge is 0.337 e. The molecule has 1 aliphatic rings. The Kier molecular flexibility index (Phi) is 6.74. The van der Waals surface area contributed by atoms with Gasteiger partial charge in [0.1, 0.15) is 5.83 Å². The molecule has 2 aromatic carbocycles. The summed E-state index contributed by atoms with van der Waals surface area (Å²) < 4.78 is 16.8. The highest BCUT2D eigenvalue weighted by Gasteiger charge is 2.25. The van der Waals surface area contributed by atoms with Crippen LogP contribution in [0.4, 0.5) is 10.1 Å². The van der Waals surface area contributed by atoms with Crippen molar-refractivity contribution in [2.45, 2.75) is 33.6 Å². The zero-order valence-corrected chi connectivity index (χ0v) is 21.1. The van der Waals surface area contributed by atoms with Crippen molar-refractivity contribution in [1.82, 2.24) is 4.98 Å². The van der Waals surface area contributed by atoms with E-state index in [-0.39, 0.29) is 16.8 Å². The molecule has 1 aromatic heterocycles. The Morgan fingerprint density at radius 1 is 1.15 bits per heavy atom. The van der Waals surface area contributed by atoms with Gasteiger partial charge in [-0.1, -0.05) is 44.5 Å². The van der Waals surface area contributed by atoms with E-state index in [0.29, 0.717) is 17.0 Å². The minimum Gasteiger partial charge on any atom is -0.478 e. The second kappa shape index (κ2) is 9.43. The fourth-order valence-electron chi connectivity index (χ4n) is 4.28. The number of hydrogen-bond acceptors (Lipinski definition) is 4. The summed E-state index contributed by atoms with van der Waals surface area (Å²) in [5, 5.41) is 10.9. The highest BCUT2D eigenvalue weighted by atomic mass is 35.5. The molecule has 0 radical (unpaired) electrons. The van der Waals surface area contributed by atoms with Crippen molar-refractivity contribution in [3.8, 4) is 11.1 Å². The second-order valence-corrected chi connectivity index (χ2v) is 11.0. The lowest BCUT2D eigenvalue weighted by Gasteiger charge is -2.28. The van der Waals surface area contributed by atoms with E-state index >= 15 is 0 Å². The van der Waals surface area contributed by atoms with Crippen LogP contribution in [0, 0.1) is 5.41 Å². The van der Waals surface area contributed by atoms with Crippen molar-refractivity contribution in [1.29, 1.82) is 0 Å². The van der Waals surface area contributed by atoms with E-state index < -0.39 is 5.97 Å². The number of benzene rings is 2. The van der Waals surface area contributed by atoms with Crippen molar-refractivity contribution in [3.63, 3.8) is 0 Å². The summed E-state index contributed by atoms with van der Waals surface area (Å²) >= 11 is 7.86. The van der Waals surface area contributed by atoms with Gasteiger partial charge >= 0.3 is 5.97 Å². The van der Waals surface area contributed by atoms with Crippen molar-refractivity contribution in [2.24, 2.45) is 5.41 Å². The van der Waals surface area contributed by atoms with Gasteiger partial charge in [0.25, 0.3) is 0 Å². The van der Waals surface area contributed by atoms with Crippen molar-refractivity contribution in [2.75, 3.05) is 11.4 Å². The Balaban J connectivity index is 1.76. The number of carboxylic acid groups (broad SMARTS) is 1. The summed E-state index contributed by atoms with van der Waals surface area (Å²) in [6.45, 7) is 6.11. The number of carbonyl (C=O) groups is 1. The SMILES string of the molecule is CN(SC1=CC(F)=C(C(C)(C)C)CC1)c1ccc(Cl)cc1-c1ccc(C(=O)O)c2ncccc12. The van der Waals surface area contributed by atoms with Gasteiger partial charge in [0.05, 0.1) is 16.8 Å². The summed E-state index contributed by atoms with van der Waals surface area (Å²) in [5.74, 6) is -1.17. The summed E-state index contributed by atoms with van der Waals surface area (Å²) in [5.41, 5.74) is 3.79. The minimum absolute atomic E-state index is 0.146. The Morgan fingerprint density at radius 2 is 1.91 bits per heavy atom. The first-order valence-corrected chi connectivity index (χ1v) is 12.1. The van der Waals surface area contributed by atoms with E-state index in [2.05, 4.69) is 4.98 Å². The van der Waals surface area contributed by atoms with Crippen LogP contribution in [0.2, 0.25) is 5.02 Å². The number of anilines is 1. The highest BCUT2D eigenvalue weighted by molar-refractivity contribution is 8.04. The minimum atomic E-state index is -1.02. The maximum Gasteiger partial charge on any atom is 0.337 e. The lowest BCUT2D eigenvalue weighted by atomic mass is 9.81. The van der Waals surface area contributed by atoms with Crippen LogP contribution in [0.5, 0.6) is 0 Å². The first-order valence-electron chi connectivity index (χ1n) is 11.0. The highest BCUT2D eigenvalue weighted by Crippen LogP contribution is 2.44. The Hall–Kier alpha value is -2.83. The summed E-state index contributed by atoms with van der Waals surface area (Å²) in [6.07, 6.45) is 4.70. The van der Waals surface area contributed by atoms with Gasteiger partial charge in [0.15, 0.2) is 0 Å². The molecular weight excluding hydrogens is 471 g/mol. The third-order valence-corrected chi connectivity index (χ3v) is 7.21. The molecule has 176 valence electrons. The molecule has 0 aliphatic heterocycles. The van der Waals surface area contributed by atoms with Crippen molar-refractivity contribution in [3.05, 3.63) is 81.6 Å². The number of rotatable bonds is 5. The van der Waals surface area contributed by atoms with Gasteiger partial charge < -0.3 is 9.41 Å². The third-order valence-electron chi connectivity index (χ3n) is 5.95. The largest absolute Gasteiger partial charge is 0.478 e. The number of aromatic nitrogens is 1. The first-order chi connectivity index (χ1) is 16.1. The molecule has 1 N–H and O–H groups in total. The molecule has 0 spiro atoms. The van der Waals surface area contributed by atoms with E-state index in [4.69, 9.17) is 11.6 Å². The Bertz CT molecular complexity index is 1340. The fraction of sp³-hybridized carbons (Fsp3) is 0.259. The Morgan fingerprint density at radius 3 is 2.59 bits per heavy atom. The standard InChI is InChI=1S/C27H26ClFN2O2S/c1-27(2,3)22-11-8-17(15-23(22)29)34-31(4)24-12-7-16(28)14-21(24)18-9-10-20(26(32)33)25-19(18)6-5-13-30-25/h5-7,9-10,12-15H,8,11H2,1-4H3,(H,32,33). The van der Waals surface area contributed by atoms with Crippen LogP contribution in [0.1, 0.15) is 44.0 Å². The Labute approximate surface area is 208 Å². The second-order valence-electron chi connectivity index (χ2n) is 9.30. The molecule has 0 bridgehead atoms. The number of hydrogen-bond donors (Lipinski definition) is 1. The topological polar surface area (TPSA) is 53.4 Å². The van der Waals surface area contributed by atoms with Crippen LogP contribution in [0.25, 0.3) is 22.0 Å². The zero-order chi connectivity index (χ0) is 24.6. The van der Waals surface area contributed by atoms with Crippen molar-refractivity contribution < 1.29 is 14.3 Å². The number of nitrogens with zero attached hydrogens (tertiary/aromatic N) is 2. The molecule has 4 nitrogen and oxygen atoms in total. The van der Waals surface area contributed by atoms with Crippen LogP contribution in [0.15, 0.2) is 71.0 Å². The average molecular weight is 497 g/mol. The number of carboxylic acids is 1. The number of fused-ring (bicyclic) bond motifs is 1. The normalized spacial score (nSPS) is 14.4. The van der Waals surface area contributed by atoms with E-state index in [1.165, 1.54) is 11.9 Å². The molecular formula is C27H26ClFN2O2S. The van der Waals surface area contributed by atoms with Gasteiger partial charge in [-0.05, 0) is 77.7 Å². The zero-order valence-electron chi connectivity index (χ0n) is 19.5. The van der Waals surface area contributed by atoms with E-state index in [1.54, 1.807) is 30.5 Å². The molecule has 0 unspecified atom stereocenters. The first kappa shape index (κ1) is 24.3. The summed E-state index contributed by atoms with van der Waals surface area (Å²) in [6, 6.07) is 12.6. The van der Waals surface area contributed by atoms with Gasteiger partial charge in [-0.3, -0.25) is 4.98 Å². The van der Waals surface area contributed by atoms with Gasteiger partial charge in [-0.2, -0.15) is 0 Å². The van der Waals surface area contributed by atoms with Crippen LogP contribution < -0.4 is 4.31 Å². The molecule has 0 atom stereocenters. The van der Waals surface area contributed by atoms with E-state index in [1.807, 2.05) is 56.4 Å². The quantitative estimate of drug-likeness (QED) is 0.360. The molecule has 3 aromatic rings. The molecule has 7 heteroatoms. The molecule has 0 fully saturated rings. The molecule has 34 heavy (non-hydrogen) atoms. The van der Waals surface area contributed by atoms with Crippen molar-refractivity contribution >= 4 is 46.1 Å². The van der Waals surface area contributed by atoms with E-state index in [0.717, 1.165) is 39.1 Å². The van der Waals surface area contributed by atoms with Gasteiger partial charge in [0.2, 0.25) is 0 Å². The van der Waals surface area contributed by atoms with Crippen LogP contribution >= 0.6 is 23.5 Å². The maximum atomic E-state index is 14.8. The predicted molar refractivity (Wildman–Crippen MR) is 140 cm³/mol. The third kappa shape index (κ3) is 4.84. The molecule has 0 saturated carbocycles. The lowest BCUT2D eigenvalue weighted by molar-refractivity contribution is 0.0699. The number of halogens is 2. The van der Waals surface area contributed by atoms with Crippen LogP contribution in [0.3, 0.4) is 0 Å². The number of pyridine rings is 1. The van der Waals surface area contributed by atoms with Crippen LogP contribution in [-0.2, 0) is 0 Å². The molecule has 1 aliphatic carbocycles.